The fraction of sp³-hybridized carbons (Fsp3) is 0.125. The number of carbonyl (C=O) groups excluding carboxylic acids is 1. The van der Waals surface area contributed by atoms with Gasteiger partial charge in [0.05, 0.1) is 5.02 Å². The Balaban J connectivity index is 2.79. The van der Waals surface area contributed by atoms with Crippen LogP contribution in [0.2, 0.25) is 5.02 Å². The molecule has 1 aromatic rings. The lowest BCUT2D eigenvalue weighted by molar-refractivity contribution is 0.203. The predicted molar refractivity (Wildman–Crippen MR) is 46.5 cm³/mol. The number of carbonyl (C=O) groups is 1. The van der Waals surface area contributed by atoms with Crippen LogP contribution in [-0.4, -0.2) is 13.1 Å². The number of nitrogens with one attached hydrogen (secondary N) is 1. The molecule has 0 aliphatic carbocycles. The van der Waals surface area contributed by atoms with Crippen molar-refractivity contribution >= 4 is 17.7 Å². The fourth-order valence-electron chi connectivity index (χ4n) is 0.698. The molecule has 0 spiro atoms. The van der Waals surface area contributed by atoms with Crippen LogP contribution >= 0.6 is 11.6 Å². The highest BCUT2D eigenvalue weighted by atomic mass is 35.5. The Hall–Kier alpha value is -1.29. The van der Waals surface area contributed by atoms with Crippen LogP contribution in [0.25, 0.3) is 0 Å². The molecule has 0 unspecified atom stereocenters. The Labute approximate surface area is 79.5 Å². The first-order chi connectivity index (χ1) is 6.13. The number of hydrogen-bond acceptors (Lipinski definition) is 2. The van der Waals surface area contributed by atoms with E-state index in [9.17, 15) is 9.18 Å². The maximum absolute atomic E-state index is 12.8. The maximum atomic E-state index is 12.8. The van der Waals surface area contributed by atoms with Crippen LogP contribution in [0.4, 0.5) is 9.18 Å². The molecule has 0 saturated heterocycles. The van der Waals surface area contributed by atoms with Crippen LogP contribution < -0.4 is 10.1 Å². The maximum Gasteiger partial charge on any atom is 0.412 e. The van der Waals surface area contributed by atoms with Crippen LogP contribution in [-0.2, 0) is 0 Å². The van der Waals surface area contributed by atoms with Crippen LogP contribution in [0.1, 0.15) is 0 Å². The summed E-state index contributed by atoms with van der Waals surface area (Å²) in [6.45, 7) is 0. The van der Waals surface area contributed by atoms with Crippen LogP contribution in [0.5, 0.6) is 5.75 Å². The van der Waals surface area contributed by atoms with Gasteiger partial charge in [-0.2, -0.15) is 0 Å². The summed E-state index contributed by atoms with van der Waals surface area (Å²) in [6, 6.07) is 3.76. The number of ether oxygens (including phenoxy) is 1. The summed E-state index contributed by atoms with van der Waals surface area (Å²) >= 11 is 5.42. The monoisotopic (exact) mass is 203 g/mol. The number of benzene rings is 1. The molecule has 0 bridgehead atoms. The highest BCUT2D eigenvalue weighted by Gasteiger charge is 2.04. The van der Waals surface area contributed by atoms with Gasteiger partial charge in [-0.3, -0.25) is 0 Å². The molecule has 0 saturated carbocycles. The van der Waals surface area contributed by atoms with E-state index < -0.39 is 11.9 Å². The molecular weight excluding hydrogens is 197 g/mol. The second-order valence-corrected chi connectivity index (χ2v) is 2.62. The number of hydrogen-bond donors (Lipinski definition) is 1. The van der Waals surface area contributed by atoms with E-state index in [1.165, 1.54) is 19.2 Å². The average molecular weight is 204 g/mol. The molecule has 0 aromatic heterocycles. The van der Waals surface area contributed by atoms with E-state index in [2.05, 4.69) is 10.1 Å². The number of rotatable bonds is 1. The van der Waals surface area contributed by atoms with Crippen LogP contribution in [0, 0.1) is 5.82 Å². The first-order valence-electron chi connectivity index (χ1n) is 3.48. The average Bonchev–Trinajstić information content (AvgIpc) is 2.11. The van der Waals surface area contributed by atoms with Crippen molar-refractivity contribution in [2.24, 2.45) is 0 Å². The fourth-order valence-corrected chi connectivity index (χ4v) is 0.816. The van der Waals surface area contributed by atoms with E-state index >= 15 is 0 Å². The Morgan fingerprint density at radius 1 is 1.62 bits per heavy atom. The quantitative estimate of drug-likeness (QED) is 0.760. The molecule has 1 amide bonds. The predicted octanol–water partition coefficient (Wildman–Crippen LogP) is 2.20. The minimum atomic E-state index is -0.651. The smallest absolute Gasteiger partial charge is 0.410 e. The van der Waals surface area contributed by atoms with E-state index in [-0.39, 0.29) is 10.8 Å². The third-order valence-electron chi connectivity index (χ3n) is 1.31. The summed E-state index contributed by atoms with van der Waals surface area (Å²) in [6.07, 6.45) is -0.651. The molecule has 70 valence electrons. The van der Waals surface area contributed by atoms with Crippen LogP contribution in [0.3, 0.4) is 0 Å². The van der Waals surface area contributed by atoms with Crippen molar-refractivity contribution < 1.29 is 13.9 Å². The second-order valence-electron chi connectivity index (χ2n) is 2.22. The van der Waals surface area contributed by atoms with Gasteiger partial charge in [0.2, 0.25) is 0 Å². The molecule has 0 radical (unpaired) electrons. The number of amides is 1. The molecule has 0 atom stereocenters. The van der Waals surface area contributed by atoms with Gasteiger partial charge in [-0.25, -0.2) is 9.18 Å². The molecule has 3 nitrogen and oxygen atoms in total. The normalized spacial score (nSPS) is 9.46. The minimum Gasteiger partial charge on any atom is -0.410 e. The molecule has 1 N–H and O–H groups in total. The van der Waals surface area contributed by atoms with E-state index in [0.29, 0.717) is 0 Å². The summed E-state index contributed by atoms with van der Waals surface area (Å²) in [5.41, 5.74) is 0. The van der Waals surface area contributed by atoms with Gasteiger partial charge in [-0.1, -0.05) is 11.6 Å². The second kappa shape index (κ2) is 4.09. The summed E-state index contributed by atoms with van der Waals surface area (Å²) in [7, 11) is 1.41. The Kier molecular flexibility index (Phi) is 3.08. The zero-order valence-electron chi connectivity index (χ0n) is 6.80. The van der Waals surface area contributed by atoms with Gasteiger partial charge in [0.15, 0.2) is 0 Å². The van der Waals surface area contributed by atoms with E-state index in [1.807, 2.05) is 0 Å². The highest BCUT2D eigenvalue weighted by Crippen LogP contribution is 2.20. The molecule has 0 heterocycles. The number of halogens is 2. The molecule has 1 rings (SSSR count). The van der Waals surface area contributed by atoms with Crippen LogP contribution in [0.15, 0.2) is 18.2 Å². The van der Waals surface area contributed by atoms with E-state index in [1.54, 1.807) is 0 Å². The van der Waals surface area contributed by atoms with E-state index in [0.717, 1.165) is 6.07 Å². The first-order valence-corrected chi connectivity index (χ1v) is 3.86. The summed E-state index contributed by atoms with van der Waals surface area (Å²) < 4.78 is 17.4. The van der Waals surface area contributed by atoms with Crippen molar-refractivity contribution in [3.05, 3.63) is 29.0 Å². The largest absolute Gasteiger partial charge is 0.412 e. The first kappa shape index (κ1) is 9.80. The third-order valence-corrected chi connectivity index (χ3v) is 1.61. The van der Waals surface area contributed by atoms with Crippen molar-refractivity contribution in [1.29, 1.82) is 0 Å². The minimum absolute atomic E-state index is 0.00995. The van der Waals surface area contributed by atoms with Crippen molar-refractivity contribution in [2.75, 3.05) is 7.05 Å². The Morgan fingerprint density at radius 3 is 2.85 bits per heavy atom. The van der Waals surface area contributed by atoms with Crippen molar-refractivity contribution in [3.63, 3.8) is 0 Å². The van der Waals surface area contributed by atoms with E-state index in [4.69, 9.17) is 11.6 Å². The SMILES string of the molecule is CNC(=O)Oc1ccc(Cl)c(F)c1. The van der Waals surface area contributed by atoms with Gasteiger partial charge >= 0.3 is 6.09 Å². The van der Waals surface area contributed by atoms with Gasteiger partial charge in [-0.15, -0.1) is 0 Å². The van der Waals surface area contributed by atoms with Gasteiger partial charge in [-0.05, 0) is 12.1 Å². The molecule has 0 aliphatic heterocycles. The summed E-state index contributed by atoms with van der Waals surface area (Å²) in [4.78, 5) is 10.7. The highest BCUT2D eigenvalue weighted by molar-refractivity contribution is 6.30. The van der Waals surface area contributed by atoms with Crippen molar-refractivity contribution in [1.82, 2.24) is 5.32 Å². The molecule has 13 heavy (non-hydrogen) atoms. The third kappa shape index (κ3) is 2.59. The molecule has 0 aliphatic rings. The van der Waals surface area contributed by atoms with Gasteiger partial charge < -0.3 is 10.1 Å². The zero-order valence-corrected chi connectivity index (χ0v) is 7.56. The molecule has 5 heteroatoms. The Morgan fingerprint density at radius 2 is 2.31 bits per heavy atom. The Bertz CT molecular complexity index is 330. The van der Waals surface area contributed by atoms with Gasteiger partial charge in [0, 0.05) is 13.1 Å². The summed E-state index contributed by atoms with van der Waals surface area (Å²) in [5.74, 6) is -0.510. The lowest BCUT2D eigenvalue weighted by Crippen LogP contribution is -2.22. The molecular formula is C8H7ClFNO2. The summed E-state index contributed by atoms with van der Waals surface area (Å²) in [5, 5.41) is 2.22. The molecule has 1 aromatic carbocycles. The lowest BCUT2D eigenvalue weighted by atomic mass is 10.3. The van der Waals surface area contributed by atoms with Crippen molar-refractivity contribution in [3.8, 4) is 5.75 Å². The van der Waals surface area contributed by atoms with Gasteiger partial charge in [0.25, 0.3) is 0 Å². The van der Waals surface area contributed by atoms with Crippen molar-refractivity contribution in [2.45, 2.75) is 0 Å². The zero-order chi connectivity index (χ0) is 9.84. The standard InChI is InChI=1S/C8H7ClFNO2/c1-11-8(12)13-5-2-3-6(9)7(10)4-5/h2-4H,1H3,(H,11,12). The van der Waals surface area contributed by atoms with Gasteiger partial charge in [0.1, 0.15) is 11.6 Å². The topological polar surface area (TPSA) is 38.3 Å². The lowest BCUT2D eigenvalue weighted by Gasteiger charge is -2.03. The molecule has 0 fully saturated rings.